The van der Waals surface area contributed by atoms with Crippen molar-refractivity contribution in [2.24, 2.45) is 0 Å². The first-order chi connectivity index (χ1) is 12.9. The molecule has 2 N–H and O–H groups in total. The van der Waals surface area contributed by atoms with Crippen molar-refractivity contribution < 1.29 is 22.7 Å². The van der Waals surface area contributed by atoms with Gasteiger partial charge in [0.25, 0.3) is 15.9 Å². The van der Waals surface area contributed by atoms with Crippen molar-refractivity contribution in [3.8, 4) is 11.5 Å². The van der Waals surface area contributed by atoms with Crippen LogP contribution in [0.4, 0.5) is 11.4 Å². The highest BCUT2D eigenvalue weighted by molar-refractivity contribution is 7.93. The Morgan fingerprint density at radius 3 is 2.33 bits per heavy atom. The maximum atomic E-state index is 13.0. The SMILES string of the molecule is COc1cc(NS(=O)(=O)c2ccc3c4c(cccc24)C(=O)N3)cc(OC)c1. The minimum atomic E-state index is -3.91. The maximum Gasteiger partial charge on any atom is 0.262 e. The molecule has 138 valence electrons. The second-order valence-electron chi connectivity index (χ2n) is 6.00. The summed E-state index contributed by atoms with van der Waals surface area (Å²) < 4.78 is 39.0. The zero-order valence-electron chi connectivity index (χ0n) is 14.6. The first-order valence-electron chi connectivity index (χ1n) is 8.06. The van der Waals surface area contributed by atoms with Crippen molar-refractivity contribution in [3.05, 3.63) is 54.1 Å². The summed E-state index contributed by atoms with van der Waals surface area (Å²) in [5, 5.41) is 3.82. The van der Waals surface area contributed by atoms with Crippen molar-refractivity contribution >= 4 is 38.1 Å². The number of hydrogen-bond acceptors (Lipinski definition) is 5. The Balaban J connectivity index is 1.83. The van der Waals surface area contributed by atoms with Gasteiger partial charge in [-0.1, -0.05) is 12.1 Å². The van der Waals surface area contributed by atoms with Crippen molar-refractivity contribution in [1.82, 2.24) is 0 Å². The Morgan fingerprint density at radius 1 is 0.963 bits per heavy atom. The summed E-state index contributed by atoms with van der Waals surface area (Å²) in [5.41, 5.74) is 1.37. The van der Waals surface area contributed by atoms with Gasteiger partial charge in [-0.05, 0) is 18.2 Å². The van der Waals surface area contributed by atoms with Gasteiger partial charge in [0.15, 0.2) is 0 Å². The molecule has 0 aromatic heterocycles. The lowest BCUT2D eigenvalue weighted by atomic mass is 10.1. The van der Waals surface area contributed by atoms with Crippen molar-refractivity contribution in [2.45, 2.75) is 4.90 Å². The van der Waals surface area contributed by atoms with E-state index >= 15 is 0 Å². The number of carbonyl (C=O) groups excluding carboxylic acids is 1. The van der Waals surface area contributed by atoms with Gasteiger partial charge in [-0.25, -0.2) is 8.42 Å². The molecule has 7 nitrogen and oxygen atoms in total. The monoisotopic (exact) mass is 384 g/mol. The molecule has 3 aromatic rings. The molecular formula is C19H16N2O5S. The average molecular weight is 384 g/mol. The third-order valence-electron chi connectivity index (χ3n) is 4.39. The molecule has 0 saturated heterocycles. The predicted molar refractivity (Wildman–Crippen MR) is 102 cm³/mol. The highest BCUT2D eigenvalue weighted by Gasteiger charge is 2.26. The van der Waals surface area contributed by atoms with Crippen LogP contribution in [0.5, 0.6) is 11.5 Å². The third-order valence-corrected chi connectivity index (χ3v) is 5.83. The topological polar surface area (TPSA) is 93.7 Å². The van der Waals surface area contributed by atoms with E-state index in [4.69, 9.17) is 9.47 Å². The Kier molecular flexibility index (Phi) is 3.92. The Hall–Kier alpha value is -3.26. The lowest BCUT2D eigenvalue weighted by molar-refractivity contribution is 0.103. The molecule has 1 aliphatic rings. The van der Waals surface area contributed by atoms with E-state index in [1.165, 1.54) is 20.3 Å². The number of amides is 1. The van der Waals surface area contributed by atoms with Crippen molar-refractivity contribution in [1.29, 1.82) is 0 Å². The van der Waals surface area contributed by atoms with E-state index in [1.807, 2.05) is 0 Å². The predicted octanol–water partition coefficient (Wildman–Crippen LogP) is 3.22. The first-order valence-corrected chi connectivity index (χ1v) is 9.54. The molecule has 27 heavy (non-hydrogen) atoms. The van der Waals surface area contributed by atoms with Crippen LogP contribution in [0.1, 0.15) is 10.4 Å². The number of hydrogen-bond donors (Lipinski definition) is 2. The van der Waals surface area contributed by atoms with Gasteiger partial charge in [0.05, 0.1) is 24.8 Å². The first kappa shape index (κ1) is 17.2. The van der Waals surface area contributed by atoms with E-state index in [0.29, 0.717) is 39.2 Å². The summed E-state index contributed by atoms with van der Waals surface area (Å²) in [5.74, 6) is 0.681. The van der Waals surface area contributed by atoms with Gasteiger partial charge in [-0.3, -0.25) is 9.52 Å². The van der Waals surface area contributed by atoms with Gasteiger partial charge >= 0.3 is 0 Å². The van der Waals surface area contributed by atoms with E-state index in [1.54, 1.807) is 42.5 Å². The molecule has 8 heteroatoms. The minimum absolute atomic E-state index is 0.0846. The number of anilines is 2. The molecule has 1 aliphatic heterocycles. The van der Waals surface area contributed by atoms with Gasteiger partial charge in [-0.15, -0.1) is 0 Å². The van der Waals surface area contributed by atoms with Crippen LogP contribution < -0.4 is 19.5 Å². The Bertz CT molecular complexity index is 1170. The molecule has 1 heterocycles. The largest absolute Gasteiger partial charge is 0.497 e. The van der Waals surface area contributed by atoms with E-state index in [9.17, 15) is 13.2 Å². The maximum absolute atomic E-state index is 13.0. The summed E-state index contributed by atoms with van der Waals surface area (Å²) in [6.45, 7) is 0. The molecule has 0 fully saturated rings. The quantitative estimate of drug-likeness (QED) is 0.704. The minimum Gasteiger partial charge on any atom is -0.497 e. The number of ether oxygens (including phenoxy) is 2. The molecule has 0 spiro atoms. The molecule has 0 aliphatic carbocycles. The van der Waals surface area contributed by atoms with Gasteiger partial charge in [0.2, 0.25) is 0 Å². The summed E-state index contributed by atoms with van der Waals surface area (Å²) in [7, 11) is -0.940. The highest BCUT2D eigenvalue weighted by atomic mass is 32.2. The summed E-state index contributed by atoms with van der Waals surface area (Å²) in [4.78, 5) is 12.1. The van der Waals surface area contributed by atoms with E-state index in [2.05, 4.69) is 10.0 Å². The van der Waals surface area contributed by atoms with E-state index < -0.39 is 10.0 Å². The van der Waals surface area contributed by atoms with Gasteiger partial charge in [0.1, 0.15) is 11.5 Å². The van der Waals surface area contributed by atoms with Crippen LogP contribution in [-0.4, -0.2) is 28.5 Å². The zero-order chi connectivity index (χ0) is 19.2. The third kappa shape index (κ3) is 2.83. The standard InChI is InChI=1S/C19H16N2O5S/c1-25-12-8-11(9-13(10-12)26-2)21-27(23,24)17-7-6-16-18-14(17)4-3-5-15(18)19(22)20-16/h3-10,21H,1-2H3,(H,20,22). The lowest BCUT2D eigenvalue weighted by Gasteiger charge is -2.13. The molecule has 1 amide bonds. The summed E-state index contributed by atoms with van der Waals surface area (Å²) >= 11 is 0. The molecule has 0 atom stereocenters. The molecule has 3 aromatic carbocycles. The second kappa shape index (κ2) is 6.17. The fourth-order valence-electron chi connectivity index (χ4n) is 3.17. The summed E-state index contributed by atoms with van der Waals surface area (Å²) in [6, 6.07) is 12.9. The fourth-order valence-corrected chi connectivity index (χ4v) is 4.42. The molecule has 0 radical (unpaired) electrons. The number of nitrogens with one attached hydrogen (secondary N) is 2. The lowest BCUT2D eigenvalue weighted by Crippen LogP contribution is -2.13. The normalized spacial score (nSPS) is 12.7. The smallest absolute Gasteiger partial charge is 0.262 e. The van der Waals surface area contributed by atoms with Crippen LogP contribution in [-0.2, 0) is 10.0 Å². The Morgan fingerprint density at radius 2 is 1.67 bits per heavy atom. The zero-order valence-corrected chi connectivity index (χ0v) is 15.4. The van der Waals surface area contributed by atoms with Crippen molar-refractivity contribution in [3.63, 3.8) is 0 Å². The fraction of sp³-hybridized carbons (Fsp3) is 0.105. The van der Waals surface area contributed by atoms with Crippen LogP contribution in [0.15, 0.2) is 53.4 Å². The van der Waals surface area contributed by atoms with Gasteiger partial charge in [-0.2, -0.15) is 0 Å². The van der Waals surface area contributed by atoms with Crippen LogP contribution in [0.2, 0.25) is 0 Å². The van der Waals surface area contributed by atoms with Gasteiger partial charge in [0, 0.05) is 40.2 Å². The second-order valence-corrected chi connectivity index (χ2v) is 7.65. The molecule has 4 rings (SSSR count). The van der Waals surface area contributed by atoms with E-state index in [0.717, 1.165) is 0 Å². The number of benzene rings is 3. The van der Waals surface area contributed by atoms with Crippen LogP contribution >= 0.6 is 0 Å². The number of carbonyl (C=O) groups is 1. The number of sulfonamides is 1. The summed E-state index contributed by atoms with van der Waals surface area (Å²) in [6.07, 6.45) is 0. The number of rotatable bonds is 5. The highest BCUT2D eigenvalue weighted by Crippen LogP contribution is 2.37. The van der Waals surface area contributed by atoms with Crippen molar-refractivity contribution in [2.75, 3.05) is 24.3 Å². The van der Waals surface area contributed by atoms with Gasteiger partial charge < -0.3 is 14.8 Å². The van der Waals surface area contributed by atoms with E-state index in [-0.39, 0.29) is 10.8 Å². The molecule has 0 bridgehead atoms. The van der Waals surface area contributed by atoms with Crippen LogP contribution in [0.3, 0.4) is 0 Å². The Labute approximate surface area is 156 Å². The average Bonchev–Trinajstić information content (AvgIpc) is 2.98. The molecule has 0 unspecified atom stereocenters. The van der Waals surface area contributed by atoms with Crippen LogP contribution in [0, 0.1) is 0 Å². The van der Waals surface area contributed by atoms with Crippen LogP contribution in [0.25, 0.3) is 10.8 Å². The molecule has 0 saturated carbocycles. The number of methoxy groups -OCH3 is 2. The molecular weight excluding hydrogens is 368 g/mol.